The third-order valence-corrected chi connectivity index (χ3v) is 7.43. The van der Waals surface area contributed by atoms with Crippen molar-refractivity contribution in [1.29, 1.82) is 0 Å². The highest BCUT2D eigenvalue weighted by Crippen LogP contribution is 2.41. The molecule has 0 radical (unpaired) electrons. The third-order valence-electron chi connectivity index (χ3n) is 6.94. The van der Waals surface area contributed by atoms with E-state index in [1.54, 1.807) is 0 Å². The minimum absolute atomic E-state index is 0.0343. The second-order valence-corrected chi connectivity index (χ2v) is 10.0. The zero-order valence-corrected chi connectivity index (χ0v) is 19.9. The Morgan fingerprint density at radius 1 is 0.938 bits per heavy atom. The topological polar surface area (TPSA) is 24.4 Å². The van der Waals surface area contributed by atoms with Crippen molar-refractivity contribution in [2.45, 2.75) is 38.8 Å². The summed E-state index contributed by atoms with van der Waals surface area (Å²) < 4.78 is 1.10. The first-order valence-electron chi connectivity index (χ1n) is 11.3. The summed E-state index contributed by atoms with van der Waals surface area (Å²) in [7, 11) is 0. The smallest absolute Gasteiger partial charge is 0.102 e. The molecule has 0 fully saturated rings. The van der Waals surface area contributed by atoms with Crippen molar-refractivity contribution in [2.24, 2.45) is 4.99 Å². The van der Waals surface area contributed by atoms with Crippen LogP contribution in [0, 0.1) is 13.8 Å². The Morgan fingerprint density at radius 3 is 2.69 bits per heavy atom. The van der Waals surface area contributed by atoms with Crippen LogP contribution in [0.1, 0.15) is 57.4 Å². The van der Waals surface area contributed by atoms with Crippen LogP contribution < -0.4 is 5.32 Å². The molecule has 0 bridgehead atoms. The summed E-state index contributed by atoms with van der Waals surface area (Å²) in [6.07, 6.45) is 6.82. The monoisotopic (exact) mass is 480 g/mol. The molecule has 1 N–H and O–H groups in total. The number of nitrogens with one attached hydrogen (secondary N) is 1. The first-order valence-corrected chi connectivity index (χ1v) is 12.1. The number of hydrogen-bond donors (Lipinski definition) is 1. The van der Waals surface area contributed by atoms with Crippen molar-refractivity contribution < 1.29 is 0 Å². The average molecular weight is 481 g/mol. The second-order valence-electron chi connectivity index (χ2n) is 9.10. The number of aryl methyl sites for hydroxylation is 3. The largest absolute Gasteiger partial charge is 0.374 e. The minimum Gasteiger partial charge on any atom is -0.374 e. The van der Waals surface area contributed by atoms with Crippen molar-refractivity contribution in [3.8, 4) is 0 Å². The maximum absolute atomic E-state index is 5.23. The molecule has 2 aliphatic heterocycles. The summed E-state index contributed by atoms with van der Waals surface area (Å²) in [5.41, 5.74) is 12.9. The van der Waals surface area contributed by atoms with Gasteiger partial charge in [-0.2, -0.15) is 0 Å². The van der Waals surface area contributed by atoms with Crippen LogP contribution in [0.15, 0.2) is 93.6 Å². The highest BCUT2D eigenvalue weighted by atomic mass is 79.9. The van der Waals surface area contributed by atoms with Gasteiger partial charge in [-0.1, -0.05) is 70.0 Å². The maximum atomic E-state index is 5.23. The lowest BCUT2D eigenvalue weighted by Gasteiger charge is -2.25. The molecule has 2 heterocycles. The molecule has 2 nitrogen and oxygen atoms in total. The molecule has 1 aliphatic carbocycles. The van der Waals surface area contributed by atoms with Crippen LogP contribution in [0.25, 0.3) is 0 Å². The van der Waals surface area contributed by atoms with E-state index in [1.807, 2.05) is 0 Å². The Kier molecular flexibility index (Phi) is 4.69. The van der Waals surface area contributed by atoms with Crippen molar-refractivity contribution in [1.82, 2.24) is 5.32 Å². The fourth-order valence-corrected chi connectivity index (χ4v) is 5.77. The van der Waals surface area contributed by atoms with Gasteiger partial charge in [-0.25, -0.2) is 0 Å². The van der Waals surface area contributed by atoms with E-state index in [0.29, 0.717) is 6.04 Å². The standard InChI is InChI=1S/C29H25BrN2/c1-17-7-11-23(18(2)13-17)29-26-15-21(30)10-12-25(26)27(32-29)16-22-14-20-9-8-19-5-3-4-6-24(19)28(20)31-22/h3-7,10-16,28-29,31H,8-9H2,1-2H3/b22-16-. The van der Waals surface area contributed by atoms with E-state index in [-0.39, 0.29) is 6.04 Å². The van der Waals surface area contributed by atoms with Gasteiger partial charge in [0.05, 0.1) is 11.8 Å². The Labute approximate surface area is 197 Å². The van der Waals surface area contributed by atoms with Gasteiger partial charge < -0.3 is 5.32 Å². The zero-order chi connectivity index (χ0) is 21.8. The minimum atomic E-state index is 0.0343. The molecule has 0 saturated carbocycles. The first kappa shape index (κ1) is 19.8. The van der Waals surface area contributed by atoms with Gasteiger partial charge in [0.1, 0.15) is 6.04 Å². The number of aliphatic imine (C=N–C) groups is 1. The van der Waals surface area contributed by atoms with Gasteiger partial charge in [-0.15, -0.1) is 0 Å². The van der Waals surface area contributed by atoms with E-state index in [2.05, 4.69) is 108 Å². The van der Waals surface area contributed by atoms with Crippen LogP contribution in [0.4, 0.5) is 0 Å². The Bertz CT molecular complexity index is 1350. The summed E-state index contributed by atoms with van der Waals surface area (Å²) >= 11 is 3.67. The number of rotatable bonds is 2. The van der Waals surface area contributed by atoms with Crippen LogP contribution >= 0.6 is 15.9 Å². The third kappa shape index (κ3) is 3.27. The molecule has 3 aromatic rings. The molecule has 0 aromatic heterocycles. The molecule has 3 aromatic carbocycles. The normalized spacial score (nSPS) is 22.0. The van der Waals surface area contributed by atoms with Gasteiger partial charge >= 0.3 is 0 Å². The predicted molar refractivity (Wildman–Crippen MR) is 135 cm³/mol. The van der Waals surface area contributed by atoms with Crippen molar-refractivity contribution in [2.75, 3.05) is 0 Å². The van der Waals surface area contributed by atoms with Crippen LogP contribution in [0.2, 0.25) is 0 Å². The van der Waals surface area contributed by atoms with Gasteiger partial charge in [-0.05, 0) is 84.4 Å². The van der Waals surface area contributed by atoms with E-state index in [4.69, 9.17) is 4.99 Å². The van der Waals surface area contributed by atoms with Crippen LogP contribution in [0.5, 0.6) is 0 Å². The lowest BCUT2D eigenvalue weighted by molar-refractivity contribution is 0.655. The van der Waals surface area contributed by atoms with Crippen LogP contribution in [-0.4, -0.2) is 5.71 Å². The predicted octanol–water partition coefficient (Wildman–Crippen LogP) is 7.06. The summed E-state index contributed by atoms with van der Waals surface area (Å²) in [5.74, 6) is 0. The molecule has 2 atom stereocenters. The number of hydrogen-bond acceptors (Lipinski definition) is 2. The van der Waals surface area contributed by atoms with Crippen molar-refractivity contribution >= 4 is 21.6 Å². The van der Waals surface area contributed by atoms with Gasteiger partial charge in [0, 0.05) is 15.7 Å². The van der Waals surface area contributed by atoms with E-state index < -0.39 is 0 Å². The second kappa shape index (κ2) is 7.60. The molecule has 32 heavy (non-hydrogen) atoms. The van der Waals surface area contributed by atoms with Crippen LogP contribution in [0.3, 0.4) is 0 Å². The Balaban J connectivity index is 1.40. The number of halogens is 1. The van der Waals surface area contributed by atoms with E-state index in [0.717, 1.165) is 28.7 Å². The highest BCUT2D eigenvalue weighted by Gasteiger charge is 2.31. The van der Waals surface area contributed by atoms with E-state index in [1.165, 1.54) is 44.5 Å². The first-order chi connectivity index (χ1) is 15.6. The summed E-state index contributed by atoms with van der Waals surface area (Å²) in [4.78, 5) is 5.23. The molecule has 2 unspecified atom stereocenters. The number of fused-ring (bicyclic) bond motifs is 4. The summed E-state index contributed by atoms with van der Waals surface area (Å²) in [6.45, 7) is 4.34. The molecule has 0 saturated heterocycles. The maximum Gasteiger partial charge on any atom is 0.102 e. The Morgan fingerprint density at radius 2 is 1.81 bits per heavy atom. The number of benzene rings is 3. The van der Waals surface area contributed by atoms with Crippen molar-refractivity contribution in [3.05, 3.63) is 128 Å². The van der Waals surface area contributed by atoms with Crippen LogP contribution in [-0.2, 0) is 6.42 Å². The Hall–Kier alpha value is -2.91. The molecule has 0 spiro atoms. The number of nitrogens with zero attached hydrogens (tertiary/aromatic N) is 1. The average Bonchev–Trinajstić information content (AvgIpc) is 3.35. The molecule has 3 heteroatoms. The molecule has 0 amide bonds. The molecule has 158 valence electrons. The lowest BCUT2D eigenvalue weighted by atomic mass is 9.85. The highest BCUT2D eigenvalue weighted by molar-refractivity contribution is 9.10. The SMILES string of the molecule is Cc1ccc(C2N=C(/C=C3/C=C4CCc5ccccc5C4N3)c3ccc(Br)cc32)c(C)c1. The zero-order valence-electron chi connectivity index (χ0n) is 18.3. The molecule has 3 aliphatic rings. The fraction of sp³-hybridized carbons (Fsp3) is 0.207. The van der Waals surface area contributed by atoms with Gasteiger partial charge in [0.25, 0.3) is 0 Å². The van der Waals surface area contributed by atoms with E-state index >= 15 is 0 Å². The van der Waals surface area contributed by atoms with Gasteiger partial charge in [-0.3, -0.25) is 4.99 Å². The lowest BCUT2D eigenvalue weighted by Crippen LogP contribution is -2.21. The van der Waals surface area contributed by atoms with Gasteiger partial charge in [0.2, 0.25) is 0 Å². The van der Waals surface area contributed by atoms with Crippen molar-refractivity contribution in [3.63, 3.8) is 0 Å². The van der Waals surface area contributed by atoms with E-state index in [9.17, 15) is 0 Å². The van der Waals surface area contributed by atoms with Gasteiger partial charge in [0.15, 0.2) is 0 Å². The molecular formula is C29H25BrN2. The fourth-order valence-electron chi connectivity index (χ4n) is 5.39. The summed E-state index contributed by atoms with van der Waals surface area (Å²) in [5, 5.41) is 3.77. The quantitative estimate of drug-likeness (QED) is 0.417. The molecule has 6 rings (SSSR count). The number of allylic oxidation sites excluding steroid dienone is 2. The molecular weight excluding hydrogens is 456 g/mol. The summed E-state index contributed by atoms with van der Waals surface area (Å²) in [6, 6.07) is 22.4.